The molecule has 6 nitrogen and oxygen atoms in total. The van der Waals surface area contributed by atoms with Crippen molar-refractivity contribution in [2.75, 3.05) is 5.32 Å². The van der Waals surface area contributed by atoms with E-state index in [1.54, 1.807) is 18.3 Å². The zero-order valence-corrected chi connectivity index (χ0v) is 11.7. The molecular weight excluding hydrogens is 275 g/mol. The minimum atomic E-state index is -0.647. The summed E-state index contributed by atoms with van der Waals surface area (Å²) in [4.78, 5) is 11.7. The molecule has 0 saturated carbocycles. The number of hydrogen-bond donors (Lipinski definition) is 2. The number of amides is 1. The Bertz CT molecular complexity index is 615. The SMILES string of the molecule is CCC(O)c1cn(CCC(=O)Nc2ccccc2F)nn1. The average Bonchev–Trinajstić information content (AvgIpc) is 2.96. The van der Waals surface area contributed by atoms with Gasteiger partial charge in [0, 0.05) is 6.42 Å². The Labute approximate surface area is 121 Å². The van der Waals surface area contributed by atoms with Crippen LogP contribution in [0.15, 0.2) is 30.5 Å². The minimum absolute atomic E-state index is 0.138. The Morgan fingerprint density at radius 3 is 2.95 bits per heavy atom. The van der Waals surface area contributed by atoms with E-state index in [0.717, 1.165) is 0 Å². The number of nitrogens with one attached hydrogen (secondary N) is 1. The quantitative estimate of drug-likeness (QED) is 0.852. The highest BCUT2D eigenvalue weighted by Crippen LogP contribution is 2.13. The molecule has 1 atom stereocenters. The van der Waals surface area contributed by atoms with Gasteiger partial charge in [0.25, 0.3) is 0 Å². The first-order valence-corrected chi connectivity index (χ1v) is 6.72. The number of halogens is 1. The van der Waals surface area contributed by atoms with E-state index in [1.807, 2.05) is 6.92 Å². The molecule has 1 unspecified atom stereocenters. The first-order valence-electron chi connectivity index (χ1n) is 6.72. The van der Waals surface area contributed by atoms with E-state index in [0.29, 0.717) is 18.7 Å². The number of benzene rings is 1. The van der Waals surface area contributed by atoms with Crippen molar-refractivity contribution in [3.05, 3.63) is 42.0 Å². The van der Waals surface area contributed by atoms with Gasteiger partial charge in [-0.2, -0.15) is 0 Å². The van der Waals surface area contributed by atoms with Crippen LogP contribution in [0.1, 0.15) is 31.6 Å². The zero-order valence-electron chi connectivity index (χ0n) is 11.7. The molecule has 1 aromatic carbocycles. The summed E-state index contributed by atoms with van der Waals surface area (Å²) in [5, 5.41) is 19.8. The van der Waals surface area contributed by atoms with Gasteiger partial charge in [-0.1, -0.05) is 24.3 Å². The second kappa shape index (κ2) is 6.94. The molecule has 0 saturated heterocycles. The van der Waals surface area contributed by atoms with Crippen molar-refractivity contribution in [2.24, 2.45) is 0 Å². The molecule has 0 aliphatic carbocycles. The third kappa shape index (κ3) is 4.09. The number of aromatic nitrogens is 3. The van der Waals surface area contributed by atoms with Crippen molar-refractivity contribution in [3.63, 3.8) is 0 Å². The molecule has 2 rings (SSSR count). The van der Waals surface area contributed by atoms with Crippen molar-refractivity contribution in [2.45, 2.75) is 32.4 Å². The highest BCUT2D eigenvalue weighted by atomic mass is 19.1. The summed E-state index contributed by atoms with van der Waals surface area (Å²) in [6.45, 7) is 2.15. The molecular formula is C14H17FN4O2. The second-order valence-corrected chi connectivity index (χ2v) is 4.61. The molecule has 0 bridgehead atoms. The van der Waals surface area contributed by atoms with Gasteiger partial charge in [-0.25, -0.2) is 4.39 Å². The summed E-state index contributed by atoms with van der Waals surface area (Å²) >= 11 is 0. The van der Waals surface area contributed by atoms with Gasteiger partial charge < -0.3 is 10.4 Å². The highest BCUT2D eigenvalue weighted by Gasteiger charge is 2.11. The Morgan fingerprint density at radius 2 is 2.24 bits per heavy atom. The number of para-hydroxylation sites is 1. The van der Waals surface area contributed by atoms with Gasteiger partial charge in [0.05, 0.1) is 24.5 Å². The van der Waals surface area contributed by atoms with Gasteiger partial charge in [-0.05, 0) is 18.6 Å². The first-order chi connectivity index (χ1) is 10.1. The summed E-state index contributed by atoms with van der Waals surface area (Å²) < 4.78 is 14.9. The fourth-order valence-electron chi connectivity index (χ4n) is 1.78. The fraction of sp³-hybridized carbons (Fsp3) is 0.357. The first kappa shape index (κ1) is 15.1. The number of aryl methyl sites for hydroxylation is 1. The third-order valence-electron chi connectivity index (χ3n) is 3.00. The largest absolute Gasteiger partial charge is 0.387 e. The molecule has 0 aliphatic rings. The van der Waals surface area contributed by atoms with Gasteiger partial charge in [0.2, 0.25) is 5.91 Å². The van der Waals surface area contributed by atoms with Crippen LogP contribution in [0.25, 0.3) is 0 Å². The molecule has 21 heavy (non-hydrogen) atoms. The van der Waals surface area contributed by atoms with E-state index in [9.17, 15) is 14.3 Å². The second-order valence-electron chi connectivity index (χ2n) is 4.61. The minimum Gasteiger partial charge on any atom is -0.387 e. The van der Waals surface area contributed by atoms with Crippen LogP contribution >= 0.6 is 0 Å². The topological polar surface area (TPSA) is 80.0 Å². The van der Waals surface area contributed by atoms with Crippen molar-refractivity contribution in [1.29, 1.82) is 0 Å². The smallest absolute Gasteiger partial charge is 0.226 e. The average molecular weight is 292 g/mol. The molecule has 0 aliphatic heterocycles. The van der Waals surface area contributed by atoms with E-state index < -0.39 is 11.9 Å². The monoisotopic (exact) mass is 292 g/mol. The molecule has 0 fully saturated rings. The molecule has 7 heteroatoms. The Morgan fingerprint density at radius 1 is 1.48 bits per heavy atom. The standard InChI is InChI=1S/C14H17FN4O2/c1-2-13(20)12-9-19(18-17-12)8-7-14(21)16-11-6-4-3-5-10(11)15/h3-6,9,13,20H,2,7-8H2,1H3,(H,16,21). The molecule has 0 spiro atoms. The van der Waals surface area contributed by atoms with Gasteiger partial charge in [0.15, 0.2) is 0 Å². The number of aliphatic hydroxyl groups excluding tert-OH is 1. The predicted octanol–water partition coefficient (Wildman–Crippen LogP) is 1.89. The number of nitrogens with zero attached hydrogens (tertiary/aromatic N) is 3. The van der Waals surface area contributed by atoms with Crippen molar-refractivity contribution < 1.29 is 14.3 Å². The van der Waals surface area contributed by atoms with Crippen molar-refractivity contribution in [1.82, 2.24) is 15.0 Å². The maximum Gasteiger partial charge on any atom is 0.226 e. The summed E-state index contributed by atoms with van der Waals surface area (Å²) in [5.74, 6) is -0.784. The lowest BCUT2D eigenvalue weighted by molar-refractivity contribution is -0.116. The van der Waals surface area contributed by atoms with E-state index in [-0.39, 0.29) is 18.0 Å². The number of rotatable bonds is 6. The number of anilines is 1. The van der Waals surface area contributed by atoms with Crippen LogP contribution in [-0.2, 0) is 11.3 Å². The number of hydrogen-bond acceptors (Lipinski definition) is 4. The summed E-state index contributed by atoms with van der Waals surface area (Å²) in [6, 6.07) is 5.99. The molecule has 0 radical (unpaired) electrons. The van der Waals surface area contributed by atoms with Gasteiger partial charge >= 0.3 is 0 Å². The molecule has 2 aromatic rings. The number of carbonyl (C=O) groups is 1. The van der Waals surface area contributed by atoms with E-state index >= 15 is 0 Å². The van der Waals surface area contributed by atoms with E-state index in [4.69, 9.17) is 0 Å². The van der Waals surface area contributed by atoms with Gasteiger partial charge in [0.1, 0.15) is 11.5 Å². The molecule has 1 heterocycles. The third-order valence-corrected chi connectivity index (χ3v) is 3.00. The molecule has 1 amide bonds. The van der Waals surface area contributed by atoms with E-state index in [1.165, 1.54) is 16.8 Å². The Balaban J connectivity index is 1.87. The van der Waals surface area contributed by atoms with Crippen LogP contribution in [0, 0.1) is 5.82 Å². The van der Waals surface area contributed by atoms with E-state index in [2.05, 4.69) is 15.6 Å². The fourth-order valence-corrected chi connectivity index (χ4v) is 1.78. The van der Waals surface area contributed by atoms with Crippen LogP contribution in [0.2, 0.25) is 0 Å². The lowest BCUT2D eigenvalue weighted by Crippen LogP contribution is -2.15. The number of carbonyl (C=O) groups excluding carboxylic acids is 1. The van der Waals surface area contributed by atoms with Crippen LogP contribution in [0.3, 0.4) is 0 Å². The number of aliphatic hydroxyl groups is 1. The lowest BCUT2D eigenvalue weighted by atomic mass is 10.2. The molecule has 2 N–H and O–H groups in total. The maximum atomic E-state index is 13.4. The summed E-state index contributed by atoms with van der Waals surface area (Å²) in [7, 11) is 0. The lowest BCUT2D eigenvalue weighted by Gasteiger charge is -2.06. The Kier molecular flexibility index (Phi) is 4.99. The summed E-state index contributed by atoms with van der Waals surface area (Å²) in [5.41, 5.74) is 0.634. The predicted molar refractivity (Wildman–Crippen MR) is 74.9 cm³/mol. The van der Waals surface area contributed by atoms with Crippen molar-refractivity contribution in [3.8, 4) is 0 Å². The molecule has 112 valence electrons. The highest BCUT2D eigenvalue weighted by molar-refractivity contribution is 5.90. The molecule has 1 aromatic heterocycles. The normalized spacial score (nSPS) is 12.1. The maximum absolute atomic E-state index is 13.4. The Hall–Kier alpha value is -2.28. The summed E-state index contributed by atoms with van der Waals surface area (Å²) in [6.07, 6.45) is 1.64. The van der Waals surface area contributed by atoms with Crippen molar-refractivity contribution >= 4 is 11.6 Å². The van der Waals surface area contributed by atoms with Crippen LogP contribution in [-0.4, -0.2) is 26.0 Å². The van der Waals surface area contributed by atoms with Crippen LogP contribution < -0.4 is 5.32 Å². The van der Waals surface area contributed by atoms with Crippen LogP contribution in [0.5, 0.6) is 0 Å². The van der Waals surface area contributed by atoms with Crippen LogP contribution in [0.4, 0.5) is 10.1 Å². The zero-order chi connectivity index (χ0) is 15.2. The van der Waals surface area contributed by atoms with Gasteiger partial charge in [-0.3, -0.25) is 9.48 Å². The van der Waals surface area contributed by atoms with Gasteiger partial charge in [-0.15, -0.1) is 5.10 Å².